The smallest absolute Gasteiger partial charge is 0.341 e. The third kappa shape index (κ3) is 2.74. The Morgan fingerprint density at radius 1 is 1.38 bits per heavy atom. The number of carbonyl (C=O) groups is 1. The van der Waals surface area contributed by atoms with E-state index in [4.69, 9.17) is 14.2 Å². The van der Waals surface area contributed by atoms with Crippen LogP contribution in [0.2, 0.25) is 0 Å². The number of hydrogen-bond acceptors (Lipinski definition) is 4. The minimum absolute atomic E-state index is 0.0884. The van der Waals surface area contributed by atoms with E-state index in [2.05, 4.69) is 15.9 Å². The normalized spacial score (nSPS) is 10.0. The van der Waals surface area contributed by atoms with Crippen LogP contribution in [0.1, 0.15) is 15.9 Å². The zero-order valence-corrected chi connectivity index (χ0v) is 11.0. The van der Waals surface area contributed by atoms with E-state index < -0.39 is 5.97 Å². The van der Waals surface area contributed by atoms with Gasteiger partial charge in [-0.05, 0) is 24.6 Å². The quantitative estimate of drug-likeness (QED) is 0.631. The maximum absolute atomic E-state index is 11.6. The maximum atomic E-state index is 11.6. The molecule has 0 saturated carbocycles. The number of methoxy groups -OCH3 is 2. The van der Waals surface area contributed by atoms with Gasteiger partial charge in [0.15, 0.2) is 6.79 Å². The fourth-order valence-electron chi connectivity index (χ4n) is 1.26. The molecular formula is C11H13BrO4. The highest BCUT2D eigenvalue weighted by Gasteiger charge is 2.18. The van der Waals surface area contributed by atoms with Crippen molar-refractivity contribution in [1.82, 2.24) is 0 Å². The first kappa shape index (κ1) is 13.0. The summed E-state index contributed by atoms with van der Waals surface area (Å²) in [6.07, 6.45) is 0. The minimum atomic E-state index is -0.426. The summed E-state index contributed by atoms with van der Waals surface area (Å²) in [6, 6.07) is 3.51. The first-order valence-corrected chi connectivity index (χ1v) is 5.40. The highest BCUT2D eigenvalue weighted by Crippen LogP contribution is 2.29. The van der Waals surface area contributed by atoms with Crippen molar-refractivity contribution in [2.75, 3.05) is 21.0 Å². The number of carbonyl (C=O) groups excluding carboxylic acids is 1. The molecule has 88 valence electrons. The van der Waals surface area contributed by atoms with Gasteiger partial charge in [-0.15, -0.1) is 0 Å². The number of esters is 1. The van der Waals surface area contributed by atoms with Crippen molar-refractivity contribution >= 4 is 21.9 Å². The van der Waals surface area contributed by atoms with Crippen LogP contribution in [-0.4, -0.2) is 27.0 Å². The largest absolute Gasteiger partial charge is 0.467 e. The number of ether oxygens (including phenoxy) is 3. The van der Waals surface area contributed by atoms with E-state index in [-0.39, 0.29) is 6.79 Å². The lowest BCUT2D eigenvalue weighted by Crippen LogP contribution is -2.09. The molecule has 0 spiro atoms. The topological polar surface area (TPSA) is 44.8 Å². The molecule has 0 heterocycles. The van der Waals surface area contributed by atoms with E-state index >= 15 is 0 Å². The number of benzene rings is 1. The second kappa shape index (κ2) is 5.86. The Morgan fingerprint density at radius 3 is 2.62 bits per heavy atom. The van der Waals surface area contributed by atoms with Crippen LogP contribution in [0.15, 0.2) is 16.6 Å². The zero-order valence-electron chi connectivity index (χ0n) is 9.37. The number of hydrogen-bond donors (Lipinski definition) is 0. The summed E-state index contributed by atoms with van der Waals surface area (Å²) >= 11 is 3.35. The Bertz CT molecular complexity index is 390. The van der Waals surface area contributed by atoms with Crippen molar-refractivity contribution in [3.63, 3.8) is 0 Å². The lowest BCUT2D eigenvalue weighted by atomic mass is 10.1. The summed E-state index contributed by atoms with van der Waals surface area (Å²) in [6.45, 7) is 1.90. The highest BCUT2D eigenvalue weighted by atomic mass is 79.9. The predicted molar refractivity (Wildman–Crippen MR) is 62.7 cm³/mol. The molecule has 4 nitrogen and oxygen atoms in total. The molecule has 0 aliphatic heterocycles. The van der Waals surface area contributed by atoms with Gasteiger partial charge >= 0.3 is 5.97 Å². The molecule has 0 bridgehead atoms. The van der Waals surface area contributed by atoms with Crippen LogP contribution in [0.5, 0.6) is 5.75 Å². The molecule has 1 rings (SSSR count). The zero-order chi connectivity index (χ0) is 12.1. The van der Waals surface area contributed by atoms with Crippen molar-refractivity contribution < 1.29 is 19.0 Å². The van der Waals surface area contributed by atoms with Gasteiger partial charge in [0.2, 0.25) is 0 Å². The van der Waals surface area contributed by atoms with Crippen LogP contribution >= 0.6 is 15.9 Å². The van der Waals surface area contributed by atoms with Crippen LogP contribution in [0.3, 0.4) is 0 Å². The van der Waals surface area contributed by atoms with Crippen LogP contribution in [0.25, 0.3) is 0 Å². The van der Waals surface area contributed by atoms with E-state index in [1.807, 2.05) is 13.0 Å². The molecule has 0 aliphatic carbocycles. The second-order valence-corrected chi connectivity index (χ2v) is 3.94. The first-order valence-electron chi connectivity index (χ1n) is 4.61. The average Bonchev–Trinajstić information content (AvgIpc) is 2.29. The SMILES string of the molecule is COCOc1ccc(Br)c(C)c1C(=O)OC. The van der Waals surface area contributed by atoms with Gasteiger partial charge < -0.3 is 14.2 Å². The Morgan fingerprint density at radius 2 is 2.06 bits per heavy atom. The molecule has 1 aromatic rings. The van der Waals surface area contributed by atoms with E-state index in [1.165, 1.54) is 14.2 Å². The predicted octanol–water partition coefficient (Wildman–Crippen LogP) is 2.53. The molecular weight excluding hydrogens is 276 g/mol. The lowest BCUT2D eigenvalue weighted by Gasteiger charge is -2.12. The molecule has 0 N–H and O–H groups in total. The summed E-state index contributed by atoms with van der Waals surface area (Å²) in [7, 11) is 2.85. The van der Waals surface area contributed by atoms with Crippen molar-refractivity contribution in [2.45, 2.75) is 6.92 Å². The molecule has 5 heteroatoms. The van der Waals surface area contributed by atoms with Gasteiger partial charge in [-0.3, -0.25) is 0 Å². The number of halogens is 1. The van der Waals surface area contributed by atoms with Gasteiger partial charge in [0.1, 0.15) is 11.3 Å². The molecule has 16 heavy (non-hydrogen) atoms. The molecule has 0 radical (unpaired) electrons. The maximum Gasteiger partial charge on any atom is 0.341 e. The Hall–Kier alpha value is -1.07. The summed E-state index contributed by atoms with van der Waals surface area (Å²) < 4.78 is 15.6. The monoisotopic (exact) mass is 288 g/mol. The van der Waals surface area contributed by atoms with Gasteiger partial charge in [-0.1, -0.05) is 15.9 Å². The summed E-state index contributed by atoms with van der Waals surface area (Å²) in [5, 5.41) is 0. The third-order valence-electron chi connectivity index (χ3n) is 2.08. The molecule has 0 unspecified atom stereocenters. The Balaban J connectivity index is 3.16. The molecule has 0 fully saturated rings. The second-order valence-electron chi connectivity index (χ2n) is 3.09. The molecule has 0 aliphatic rings. The number of rotatable bonds is 4. The van der Waals surface area contributed by atoms with Crippen LogP contribution in [-0.2, 0) is 9.47 Å². The Labute approximate surface area is 103 Å². The summed E-state index contributed by atoms with van der Waals surface area (Å²) in [4.78, 5) is 11.6. The Kier molecular flexibility index (Phi) is 4.76. The van der Waals surface area contributed by atoms with Gasteiger partial charge in [0, 0.05) is 11.6 Å². The third-order valence-corrected chi connectivity index (χ3v) is 2.94. The van der Waals surface area contributed by atoms with Crippen molar-refractivity contribution in [2.24, 2.45) is 0 Å². The fourth-order valence-corrected chi connectivity index (χ4v) is 1.59. The van der Waals surface area contributed by atoms with Crippen molar-refractivity contribution in [3.05, 3.63) is 27.7 Å². The molecule has 0 amide bonds. The highest BCUT2D eigenvalue weighted by molar-refractivity contribution is 9.10. The van der Waals surface area contributed by atoms with Gasteiger partial charge in [-0.25, -0.2) is 4.79 Å². The minimum Gasteiger partial charge on any atom is -0.467 e. The van der Waals surface area contributed by atoms with Crippen molar-refractivity contribution in [3.8, 4) is 5.75 Å². The van der Waals surface area contributed by atoms with E-state index in [1.54, 1.807) is 6.07 Å². The van der Waals surface area contributed by atoms with Gasteiger partial charge in [0.25, 0.3) is 0 Å². The molecule has 0 aromatic heterocycles. The average molecular weight is 289 g/mol. The van der Waals surface area contributed by atoms with E-state index in [0.717, 1.165) is 10.0 Å². The van der Waals surface area contributed by atoms with E-state index in [0.29, 0.717) is 11.3 Å². The van der Waals surface area contributed by atoms with Gasteiger partial charge in [-0.2, -0.15) is 0 Å². The van der Waals surface area contributed by atoms with E-state index in [9.17, 15) is 4.79 Å². The molecule has 0 saturated heterocycles. The fraction of sp³-hybridized carbons (Fsp3) is 0.364. The lowest BCUT2D eigenvalue weighted by molar-refractivity contribution is 0.0464. The summed E-state index contributed by atoms with van der Waals surface area (Å²) in [5.41, 5.74) is 1.19. The van der Waals surface area contributed by atoms with Crippen LogP contribution in [0, 0.1) is 6.92 Å². The van der Waals surface area contributed by atoms with Crippen molar-refractivity contribution in [1.29, 1.82) is 0 Å². The van der Waals surface area contributed by atoms with Crippen LogP contribution < -0.4 is 4.74 Å². The molecule has 1 aromatic carbocycles. The standard InChI is InChI=1S/C11H13BrO4/c1-7-8(12)4-5-9(16-6-14-2)10(7)11(13)15-3/h4-5H,6H2,1-3H3. The van der Waals surface area contributed by atoms with Crippen LogP contribution in [0.4, 0.5) is 0 Å². The summed E-state index contributed by atoms with van der Waals surface area (Å²) in [5.74, 6) is 0.0271. The van der Waals surface area contributed by atoms with Gasteiger partial charge in [0.05, 0.1) is 7.11 Å². The molecule has 0 atom stereocenters. The first-order chi connectivity index (χ1) is 7.61.